The number of fused-ring (bicyclic) bond motifs is 1. The minimum Gasteiger partial charge on any atom is -0.346 e. The molecule has 2 N–H and O–H groups in total. The van der Waals surface area contributed by atoms with Crippen molar-refractivity contribution in [2.45, 2.75) is 18.9 Å². The number of imidazole rings is 1. The van der Waals surface area contributed by atoms with Gasteiger partial charge in [-0.25, -0.2) is 4.98 Å². The average molecular weight is 362 g/mol. The number of nitrogens with one attached hydrogen (secondary N) is 2. The first-order valence-corrected chi connectivity index (χ1v) is 9.13. The van der Waals surface area contributed by atoms with Crippen molar-refractivity contribution in [2.24, 2.45) is 5.92 Å². The van der Waals surface area contributed by atoms with Gasteiger partial charge in [0.2, 0.25) is 11.8 Å². The van der Waals surface area contributed by atoms with Gasteiger partial charge in [-0.1, -0.05) is 42.5 Å². The van der Waals surface area contributed by atoms with Gasteiger partial charge in [-0.2, -0.15) is 0 Å². The Balaban J connectivity index is 1.59. The van der Waals surface area contributed by atoms with Crippen molar-refractivity contribution < 1.29 is 9.59 Å². The first-order valence-electron chi connectivity index (χ1n) is 9.13. The second-order valence-electron chi connectivity index (χ2n) is 7.07. The highest BCUT2D eigenvalue weighted by molar-refractivity contribution is 5.89. The number of amides is 2. The van der Waals surface area contributed by atoms with E-state index in [1.165, 1.54) is 0 Å². The van der Waals surface area contributed by atoms with Crippen LogP contribution in [0.3, 0.4) is 0 Å². The van der Waals surface area contributed by atoms with E-state index in [9.17, 15) is 9.59 Å². The third-order valence-electron chi connectivity index (χ3n) is 5.05. The molecule has 4 rings (SSSR count). The number of rotatable bonds is 5. The number of carbonyl (C=O) groups excluding carboxylic acids is 2. The topological polar surface area (TPSA) is 78.1 Å². The quantitative estimate of drug-likeness (QED) is 0.732. The van der Waals surface area contributed by atoms with E-state index in [0.717, 1.165) is 22.4 Å². The van der Waals surface area contributed by atoms with Gasteiger partial charge in [-0.3, -0.25) is 9.59 Å². The lowest BCUT2D eigenvalue weighted by atomic mass is 10.0. The highest BCUT2D eigenvalue weighted by atomic mass is 16.2. The second-order valence-corrected chi connectivity index (χ2v) is 7.07. The molecule has 1 aromatic heterocycles. The summed E-state index contributed by atoms with van der Waals surface area (Å²) in [5, 5.41) is 3.11. The van der Waals surface area contributed by atoms with Gasteiger partial charge in [0.25, 0.3) is 0 Å². The van der Waals surface area contributed by atoms with E-state index < -0.39 is 0 Å². The number of hydrogen-bond acceptors (Lipinski definition) is 3. The molecule has 0 unspecified atom stereocenters. The number of hydrogen-bond donors (Lipinski definition) is 2. The maximum atomic E-state index is 12.8. The average Bonchev–Trinajstić information content (AvgIpc) is 3.25. The van der Waals surface area contributed by atoms with Crippen molar-refractivity contribution in [3.63, 3.8) is 0 Å². The molecule has 0 saturated carbocycles. The lowest BCUT2D eigenvalue weighted by molar-refractivity contribution is -0.128. The molecule has 6 heteroatoms. The normalized spacial score (nSPS) is 18.0. The highest BCUT2D eigenvalue weighted by Gasteiger charge is 2.33. The van der Waals surface area contributed by atoms with Gasteiger partial charge in [0.05, 0.1) is 23.0 Å². The van der Waals surface area contributed by atoms with Crippen LogP contribution in [0.4, 0.5) is 0 Å². The number of para-hydroxylation sites is 2. The molecule has 0 spiro atoms. The van der Waals surface area contributed by atoms with Crippen LogP contribution in [0.2, 0.25) is 0 Å². The molecule has 2 heterocycles. The minimum absolute atomic E-state index is 0.0125. The van der Waals surface area contributed by atoms with E-state index in [2.05, 4.69) is 15.3 Å². The first kappa shape index (κ1) is 17.3. The summed E-state index contributed by atoms with van der Waals surface area (Å²) in [4.78, 5) is 34.2. The molecule has 6 nitrogen and oxygen atoms in total. The van der Waals surface area contributed by atoms with Gasteiger partial charge < -0.3 is 15.2 Å². The Morgan fingerprint density at radius 1 is 1.22 bits per heavy atom. The van der Waals surface area contributed by atoms with Crippen molar-refractivity contribution in [3.05, 3.63) is 66.0 Å². The molecule has 3 aromatic rings. The Bertz CT molecular complexity index is 933. The fourth-order valence-corrected chi connectivity index (χ4v) is 3.53. The van der Waals surface area contributed by atoms with E-state index >= 15 is 0 Å². The Morgan fingerprint density at radius 2 is 1.96 bits per heavy atom. The number of aromatic amines is 1. The van der Waals surface area contributed by atoms with E-state index in [4.69, 9.17) is 0 Å². The summed E-state index contributed by atoms with van der Waals surface area (Å²) in [6, 6.07) is 17.5. The van der Waals surface area contributed by atoms with Crippen LogP contribution in [0.15, 0.2) is 54.6 Å². The van der Waals surface area contributed by atoms with Crippen LogP contribution in [0, 0.1) is 5.92 Å². The smallest absolute Gasteiger partial charge is 0.226 e. The lowest BCUT2D eigenvalue weighted by Gasteiger charge is -2.19. The van der Waals surface area contributed by atoms with Gasteiger partial charge in [0.1, 0.15) is 5.82 Å². The van der Waals surface area contributed by atoms with Gasteiger partial charge in [-0.05, 0) is 24.1 Å². The number of H-pyrrole nitrogens is 1. The van der Waals surface area contributed by atoms with Crippen LogP contribution in [0.1, 0.15) is 23.9 Å². The predicted octanol–water partition coefficient (Wildman–Crippen LogP) is 2.44. The Labute approximate surface area is 157 Å². The Hall–Kier alpha value is -3.15. The SMILES string of the molecule is CN1C[C@H](C(=O)N[C@@H](Cc2ccccc2)c2nc3ccccc3[nH]2)CC1=O. The lowest BCUT2D eigenvalue weighted by Crippen LogP contribution is -2.36. The monoisotopic (exact) mass is 362 g/mol. The molecule has 0 bridgehead atoms. The number of benzene rings is 2. The summed E-state index contributed by atoms with van der Waals surface area (Å²) in [7, 11) is 1.73. The molecular weight excluding hydrogens is 340 g/mol. The number of carbonyl (C=O) groups is 2. The zero-order valence-corrected chi connectivity index (χ0v) is 15.2. The molecule has 2 aromatic carbocycles. The summed E-state index contributed by atoms with van der Waals surface area (Å²) in [6.07, 6.45) is 0.892. The van der Waals surface area contributed by atoms with Crippen molar-refractivity contribution in [3.8, 4) is 0 Å². The third kappa shape index (κ3) is 3.69. The zero-order chi connectivity index (χ0) is 18.8. The van der Waals surface area contributed by atoms with Crippen molar-refractivity contribution in [2.75, 3.05) is 13.6 Å². The summed E-state index contributed by atoms with van der Waals surface area (Å²) in [5.74, 6) is 0.323. The molecule has 1 saturated heterocycles. The largest absolute Gasteiger partial charge is 0.346 e. The maximum absolute atomic E-state index is 12.8. The summed E-state index contributed by atoms with van der Waals surface area (Å²) < 4.78 is 0. The van der Waals surface area contributed by atoms with Crippen LogP contribution in [-0.4, -0.2) is 40.3 Å². The number of nitrogens with zero attached hydrogens (tertiary/aromatic N) is 2. The molecule has 138 valence electrons. The van der Waals surface area contributed by atoms with Crippen LogP contribution in [0.25, 0.3) is 11.0 Å². The predicted molar refractivity (Wildman–Crippen MR) is 103 cm³/mol. The Kier molecular flexibility index (Phi) is 4.62. The fourth-order valence-electron chi connectivity index (χ4n) is 3.53. The third-order valence-corrected chi connectivity index (χ3v) is 5.05. The van der Waals surface area contributed by atoms with Crippen molar-refractivity contribution in [1.29, 1.82) is 0 Å². The molecule has 2 atom stereocenters. The molecule has 1 fully saturated rings. The van der Waals surface area contributed by atoms with E-state index in [0.29, 0.717) is 13.0 Å². The number of likely N-dealkylation sites (tertiary alicyclic amines) is 1. The minimum atomic E-state index is -0.315. The zero-order valence-electron chi connectivity index (χ0n) is 15.2. The fraction of sp³-hybridized carbons (Fsp3) is 0.286. The van der Waals surface area contributed by atoms with Crippen LogP contribution >= 0.6 is 0 Å². The van der Waals surface area contributed by atoms with Gasteiger partial charge >= 0.3 is 0 Å². The van der Waals surface area contributed by atoms with Gasteiger partial charge in [0, 0.05) is 20.0 Å². The van der Waals surface area contributed by atoms with Crippen LogP contribution in [0.5, 0.6) is 0 Å². The van der Waals surface area contributed by atoms with E-state index in [1.54, 1.807) is 11.9 Å². The second kappa shape index (κ2) is 7.23. The molecule has 0 radical (unpaired) electrons. The van der Waals surface area contributed by atoms with Gasteiger partial charge in [-0.15, -0.1) is 0 Å². The molecule has 27 heavy (non-hydrogen) atoms. The molecule has 1 aliphatic heterocycles. The molecule has 2 amide bonds. The standard InChI is InChI=1S/C21H22N4O2/c1-25-13-15(12-19(25)26)21(27)24-18(11-14-7-3-2-4-8-14)20-22-16-9-5-6-10-17(16)23-20/h2-10,15,18H,11-13H2,1H3,(H,22,23)(H,24,27)/t15-,18+/m1/s1. The molecule has 1 aliphatic rings. The van der Waals surface area contributed by atoms with Gasteiger partial charge in [0.15, 0.2) is 0 Å². The maximum Gasteiger partial charge on any atom is 0.226 e. The first-order chi connectivity index (χ1) is 13.1. The highest BCUT2D eigenvalue weighted by Crippen LogP contribution is 2.22. The van der Waals surface area contributed by atoms with Crippen LogP contribution < -0.4 is 5.32 Å². The van der Waals surface area contributed by atoms with E-state index in [-0.39, 0.29) is 30.2 Å². The van der Waals surface area contributed by atoms with Crippen molar-refractivity contribution >= 4 is 22.8 Å². The van der Waals surface area contributed by atoms with Crippen LogP contribution in [-0.2, 0) is 16.0 Å². The van der Waals surface area contributed by atoms with Crippen molar-refractivity contribution in [1.82, 2.24) is 20.2 Å². The molecular formula is C21H22N4O2. The van der Waals surface area contributed by atoms with E-state index in [1.807, 2.05) is 54.6 Å². The summed E-state index contributed by atoms with van der Waals surface area (Å²) >= 11 is 0. The number of aromatic nitrogens is 2. The Morgan fingerprint density at radius 3 is 2.67 bits per heavy atom. The summed E-state index contributed by atoms with van der Waals surface area (Å²) in [5.41, 5.74) is 2.93. The summed E-state index contributed by atoms with van der Waals surface area (Å²) in [6.45, 7) is 0.461. The molecule has 0 aliphatic carbocycles.